The van der Waals surface area contributed by atoms with E-state index in [2.05, 4.69) is 0 Å². The molecule has 1 aliphatic carbocycles. The van der Waals surface area contributed by atoms with E-state index in [0.717, 1.165) is 12.8 Å². The highest BCUT2D eigenvalue weighted by molar-refractivity contribution is 5.18. The zero-order valence-corrected chi connectivity index (χ0v) is 12.8. The lowest BCUT2D eigenvalue weighted by Gasteiger charge is -2.49. The van der Waals surface area contributed by atoms with Crippen LogP contribution >= 0.6 is 0 Å². The van der Waals surface area contributed by atoms with Crippen molar-refractivity contribution in [2.75, 3.05) is 0 Å². The fraction of sp³-hybridized carbons (Fsp3) is 1.00. The Kier molecular flexibility index (Phi) is 5.83. The van der Waals surface area contributed by atoms with E-state index in [-0.39, 0.29) is 6.42 Å². The van der Waals surface area contributed by atoms with E-state index in [0.29, 0.717) is 12.8 Å². The first-order valence-corrected chi connectivity index (χ1v) is 7.58. The maximum absolute atomic E-state index is 13.6. The second-order valence-electron chi connectivity index (χ2n) is 6.08. The van der Waals surface area contributed by atoms with Gasteiger partial charge in [-0.3, -0.25) is 0 Å². The minimum absolute atomic E-state index is 0.0796. The first-order chi connectivity index (χ1) is 10.7. The number of hydrogen-bond acceptors (Lipinski definition) is 0. The molecule has 10 heteroatoms. The molecule has 24 heavy (non-hydrogen) atoms. The van der Waals surface area contributed by atoms with Crippen molar-refractivity contribution in [3.8, 4) is 0 Å². The molecule has 0 bridgehead atoms. The predicted octanol–water partition coefficient (Wildman–Crippen LogP) is 6.54. The third kappa shape index (κ3) is 2.87. The molecule has 1 saturated carbocycles. The fourth-order valence-electron chi connectivity index (χ4n) is 2.77. The van der Waals surface area contributed by atoms with Gasteiger partial charge in [0.05, 0.1) is 5.92 Å². The molecule has 0 spiro atoms. The molecule has 0 radical (unpaired) electrons. The Bertz CT molecular complexity index is 399. The average molecular weight is 376 g/mol. The summed E-state index contributed by atoms with van der Waals surface area (Å²) in [5.74, 6) is -35.8. The molecule has 1 rings (SSSR count). The van der Waals surface area contributed by atoms with Crippen molar-refractivity contribution in [3.63, 3.8) is 0 Å². The summed E-state index contributed by atoms with van der Waals surface area (Å²) in [7, 11) is 0. The summed E-state index contributed by atoms with van der Waals surface area (Å²) in [5, 5.41) is 0. The highest BCUT2D eigenvalue weighted by Gasteiger charge is 2.94. The highest BCUT2D eigenvalue weighted by atomic mass is 19.4. The van der Waals surface area contributed by atoms with Gasteiger partial charge in [-0.25, -0.2) is 0 Å². The summed E-state index contributed by atoms with van der Waals surface area (Å²) in [6, 6.07) is 0. The molecule has 0 aliphatic heterocycles. The van der Waals surface area contributed by atoms with Crippen LogP contribution in [0.25, 0.3) is 0 Å². The summed E-state index contributed by atoms with van der Waals surface area (Å²) in [6.45, 7) is 1.87. The minimum atomic E-state index is -6.86. The van der Waals surface area contributed by atoms with Gasteiger partial charge >= 0.3 is 29.6 Å². The molecule has 0 saturated heterocycles. The van der Waals surface area contributed by atoms with Crippen molar-refractivity contribution in [2.24, 2.45) is 5.92 Å². The Balaban J connectivity index is 3.01. The van der Waals surface area contributed by atoms with Crippen LogP contribution in [0.3, 0.4) is 0 Å². The van der Waals surface area contributed by atoms with E-state index in [1.165, 1.54) is 0 Å². The molecular weight excluding hydrogens is 358 g/mol. The molecule has 144 valence electrons. The smallest absolute Gasteiger partial charge is 0.199 e. The number of rotatable bonds is 7. The van der Waals surface area contributed by atoms with Gasteiger partial charge in [-0.15, -0.1) is 0 Å². The first-order valence-electron chi connectivity index (χ1n) is 7.58. The summed E-state index contributed by atoms with van der Waals surface area (Å²) in [6.07, 6.45) is 0.879. The lowest BCUT2D eigenvalue weighted by Crippen LogP contribution is -2.77. The molecule has 1 aliphatic rings. The van der Waals surface area contributed by atoms with Gasteiger partial charge in [0.1, 0.15) is 0 Å². The number of alkyl halides is 10. The molecule has 0 aromatic carbocycles. The molecule has 0 aromatic heterocycles. The van der Waals surface area contributed by atoms with Crippen molar-refractivity contribution >= 4 is 0 Å². The second kappa shape index (κ2) is 6.55. The number of halogens is 10. The molecule has 0 aromatic rings. The standard InChI is InChI=1S/C14H18F10/c1-2-3-4-5-6-7-8-9-10(15,16)12(19,20)14(23,24)13(21,22)11(9,17)18/h9H,2-8H2,1H3. The molecule has 0 atom stereocenters. The van der Waals surface area contributed by atoms with E-state index < -0.39 is 48.4 Å². The van der Waals surface area contributed by atoms with Gasteiger partial charge < -0.3 is 0 Å². The molecule has 0 unspecified atom stereocenters. The molecule has 0 N–H and O–H groups in total. The van der Waals surface area contributed by atoms with Crippen LogP contribution in [0.4, 0.5) is 43.9 Å². The monoisotopic (exact) mass is 376 g/mol. The zero-order chi connectivity index (χ0) is 19.0. The van der Waals surface area contributed by atoms with Gasteiger partial charge in [0.15, 0.2) is 0 Å². The average Bonchev–Trinajstić information content (AvgIpc) is 2.44. The van der Waals surface area contributed by atoms with Crippen molar-refractivity contribution in [1.82, 2.24) is 0 Å². The van der Waals surface area contributed by atoms with Gasteiger partial charge in [-0.05, 0) is 6.42 Å². The third-order valence-electron chi connectivity index (χ3n) is 4.35. The molecule has 1 fully saturated rings. The van der Waals surface area contributed by atoms with E-state index in [1.54, 1.807) is 0 Å². The van der Waals surface area contributed by atoms with E-state index >= 15 is 0 Å². The van der Waals surface area contributed by atoms with E-state index in [4.69, 9.17) is 0 Å². The van der Waals surface area contributed by atoms with Gasteiger partial charge in [0.2, 0.25) is 0 Å². The van der Waals surface area contributed by atoms with Crippen LogP contribution in [0.15, 0.2) is 0 Å². The SMILES string of the molecule is CCCCCCCCC1C(F)(F)C(F)(F)C(F)(F)C(F)(F)C1(F)F. The molecule has 0 nitrogen and oxygen atoms in total. The topological polar surface area (TPSA) is 0 Å². The Morgan fingerprint density at radius 3 is 1.33 bits per heavy atom. The quantitative estimate of drug-likeness (QED) is 0.349. The van der Waals surface area contributed by atoms with Gasteiger partial charge in [-0.2, -0.15) is 43.9 Å². The Morgan fingerprint density at radius 2 is 0.917 bits per heavy atom. The van der Waals surface area contributed by atoms with Gasteiger partial charge in [-0.1, -0.05) is 45.4 Å². The van der Waals surface area contributed by atoms with Crippen LogP contribution in [0, 0.1) is 5.92 Å². The minimum Gasteiger partial charge on any atom is -0.199 e. The first kappa shape index (κ1) is 21.3. The van der Waals surface area contributed by atoms with Crippen LogP contribution < -0.4 is 0 Å². The Hall–Kier alpha value is -0.700. The van der Waals surface area contributed by atoms with E-state index in [1.807, 2.05) is 6.92 Å². The van der Waals surface area contributed by atoms with Crippen molar-refractivity contribution < 1.29 is 43.9 Å². The maximum atomic E-state index is 13.6. The molecule has 0 amide bonds. The maximum Gasteiger partial charge on any atom is 0.384 e. The summed E-state index contributed by atoms with van der Waals surface area (Å²) >= 11 is 0. The zero-order valence-electron chi connectivity index (χ0n) is 12.8. The van der Waals surface area contributed by atoms with Gasteiger partial charge in [0.25, 0.3) is 0 Å². The van der Waals surface area contributed by atoms with Gasteiger partial charge in [0, 0.05) is 0 Å². The van der Waals surface area contributed by atoms with Crippen LogP contribution in [-0.2, 0) is 0 Å². The number of hydrogen-bond donors (Lipinski definition) is 0. The van der Waals surface area contributed by atoms with Crippen molar-refractivity contribution in [1.29, 1.82) is 0 Å². The van der Waals surface area contributed by atoms with Crippen LogP contribution in [0.1, 0.15) is 51.9 Å². The van der Waals surface area contributed by atoms with Crippen LogP contribution in [0.5, 0.6) is 0 Å². The fourth-order valence-corrected chi connectivity index (χ4v) is 2.77. The summed E-state index contributed by atoms with van der Waals surface area (Å²) in [5.41, 5.74) is 0. The summed E-state index contributed by atoms with van der Waals surface area (Å²) < 4.78 is 133. The van der Waals surface area contributed by atoms with Crippen LogP contribution in [-0.4, -0.2) is 29.6 Å². The third-order valence-corrected chi connectivity index (χ3v) is 4.35. The Morgan fingerprint density at radius 1 is 0.542 bits per heavy atom. The predicted molar refractivity (Wildman–Crippen MR) is 66.2 cm³/mol. The lowest BCUT2D eigenvalue weighted by atomic mass is 9.72. The van der Waals surface area contributed by atoms with Crippen LogP contribution in [0.2, 0.25) is 0 Å². The molecular formula is C14H18F10. The molecule has 0 heterocycles. The highest BCUT2D eigenvalue weighted by Crippen LogP contribution is 2.67. The largest absolute Gasteiger partial charge is 0.384 e. The van der Waals surface area contributed by atoms with E-state index in [9.17, 15) is 43.9 Å². The van der Waals surface area contributed by atoms with Crippen molar-refractivity contribution in [3.05, 3.63) is 0 Å². The normalized spacial score (nSPS) is 27.1. The number of unbranched alkanes of at least 4 members (excludes halogenated alkanes) is 5. The summed E-state index contributed by atoms with van der Waals surface area (Å²) in [4.78, 5) is 0. The van der Waals surface area contributed by atoms with Crippen molar-refractivity contribution in [2.45, 2.75) is 81.5 Å². The Labute approximate surface area is 132 Å². The second-order valence-corrected chi connectivity index (χ2v) is 6.08. The lowest BCUT2D eigenvalue weighted by molar-refractivity contribution is -0.464.